The molecule has 0 aromatic heterocycles. The maximum Gasteiger partial charge on any atom is 0.417 e. The largest absolute Gasteiger partial charge is 0.465 e. The molecule has 1 aliphatic carbocycles. The fourth-order valence-electron chi connectivity index (χ4n) is 3.24. The van der Waals surface area contributed by atoms with Gasteiger partial charge in [-0.3, -0.25) is 0 Å². The van der Waals surface area contributed by atoms with E-state index in [2.05, 4.69) is 4.99 Å². The topological polar surface area (TPSA) is 82.4 Å². The van der Waals surface area contributed by atoms with Gasteiger partial charge < -0.3 is 9.84 Å². The normalized spacial score (nSPS) is 18.8. The second-order valence-electron chi connectivity index (χ2n) is 7.64. The van der Waals surface area contributed by atoms with Gasteiger partial charge in [-0.25, -0.2) is 24.4 Å². The van der Waals surface area contributed by atoms with Crippen LogP contribution in [-0.2, 0) is 17.6 Å². The first-order valence-corrected chi connectivity index (χ1v) is 8.96. The van der Waals surface area contributed by atoms with E-state index < -0.39 is 17.8 Å². The van der Waals surface area contributed by atoms with Gasteiger partial charge in [-0.1, -0.05) is 6.07 Å². The van der Waals surface area contributed by atoms with Crippen molar-refractivity contribution in [2.24, 2.45) is 4.99 Å². The number of carboxylic acid groups (broad SMARTS) is 1. The number of hydrogen-bond donors (Lipinski definition) is 1. The van der Waals surface area contributed by atoms with Gasteiger partial charge in [0.2, 0.25) is 5.96 Å². The van der Waals surface area contributed by atoms with Crippen molar-refractivity contribution in [3.05, 3.63) is 29.3 Å². The molecule has 26 heavy (non-hydrogen) atoms. The summed E-state index contributed by atoms with van der Waals surface area (Å²) in [5, 5.41) is 9.45. The second-order valence-corrected chi connectivity index (χ2v) is 7.64. The van der Waals surface area contributed by atoms with Crippen molar-refractivity contribution in [3.8, 4) is 0 Å². The molecule has 140 valence electrons. The van der Waals surface area contributed by atoms with Crippen LogP contribution in [0.15, 0.2) is 23.2 Å². The number of carbonyl (C=O) groups excluding carboxylic acids is 1. The van der Waals surface area contributed by atoms with Crippen LogP contribution in [0.4, 0.5) is 15.3 Å². The molecule has 2 aliphatic rings. The van der Waals surface area contributed by atoms with Gasteiger partial charge in [0.05, 0.1) is 18.8 Å². The maximum atomic E-state index is 12.5. The molecule has 1 heterocycles. The Kier molecular flexibility index (Phi) is 4.89. The summed E-state index contributed by atoms with van der Waals surface area (Å²) < 4.78 is 5.39. The van der Waals surface area contributed by atoms with Gasteiger partial charge in [0.15, 0.2) is 0 Å². The molecule has 1 aromatic rings. The van der Waals surface area contributed by atoms with Crippen LogP contribution in [0, 0.1) is 0 Å². The fourth-order valence-corrected chi connectivity index (χ4v) is 3.24. The van der Waals surface area contributed by atoms with Crippen LogP contribution < -0.4 is 0 Å². The Bertz CT molecular complexity index is 752. The first-order valence-electron chi connectivity index (χ1n) is 8.96. The fraction of sp³-hybridized carbons (Fsp3) is 0.526. The predicted molar refractivity (Wildman–Crippen MR) is 97.8 cm³/mol. The summed E-state index contributed by atoms with van der Waals surface area (Å²) in [4.78, 5) is 30.9. The van der Waals surface area contributed by atoms with E-state index in [0.717, 1.165) is 24.2 Å². The summed E-state index contributed by atoms with van der Waals surface area (Å²) in [5.74, 6) is 0.0995. The molecule has 0 atom stereocenters. The minimum Gasteiger partial charge on any atom is -0.465 e. The summed E-state index contributed by atoms with van der Waals surface area (Å²) in [6, 6.07) is 5.92. The smallest absolute Gasteiger partial charge is 0.417 e. The number of aryl methyl sites for hydroxylation is 2. The number of ether oxygens (including phenoxy) is 1. The highest BCUT2D eigenvalue weighted by Crippen LogP contribution is 2.27. The first kappa shape index (κ1) is 18.2. The molecular formula is C19H25N3O4. The van der Waals surface area contributed by atoms with E-state index in [1.165, 1.54) is 22.4 Å². The van der Waals surface area contributed by atoms with Gasteiger partial charge in [0, 0.05) is 0 Å². The summed E-state index contributed by atoms with van der Waals surface area (Å²) >= 11 is 0. The molecule has 1 aromatic carbocycles. The third-order valence-corrected chi connectivity index (χ3v) is 4.44. The number of hydrogen-bond acceptors (Lipinski definition) is 4. The quantitative estimate of drug-likeness (QED) is 0.827. The van der Waals surface area contributed by atoms with Gasteiger partial charge >= 0.3 is 12.2 Å². The highest BCUT2D eigenvalue weighted by Gasteiger charge is 2.37. The average Bonchev–Trinajstić information content (AvgIpc) is 2.97. The lowest BCUT2D eigenvalue weighted by Gasteiger charge is -2.25. The van der Waals surface area contributed by atoms with Crippen molar-refractivity contribution >= 4 is 23.8 Å². The summed E-state index contributed by atoms with van der Waals surface area (Å²) in [7, 11) is 0. The van der Waals surface area contributed by atoms with Gasteiger partial charge in [-0.05, 0) is 69.7 Å². The van der Waals surface area contributed by atoms with Crippen molar-refractivity contribution in [3.63, 3.8) is 0 Å². The predicted octanol–water partition coefficient (Wildman–Crippen LogP) is 3.78. The number of nitrogens with zero attached hydrogens (tertiary/aromatic N) is 3. The van der Waals surface area contributed by atoms with E-state index >= 15 is 0 Å². The van der Waals surface area contributed by atoms with Gasteiger partial charge in [0.1, 0.15) is 5.60 Å². The summed E-state index contributed by atoms with van der Waals surface area (Å²) in [6.45, 7) is 5.73. The van der Waals surface area contributed by atoms with E-state index in [1.54, 1.807) is 20.8 Å². The third kappa shape index (κ3) is 3.98. The van der Waals surface area contributed by atoms with Crippen molar-refractivity contribution in [2.75, 3.05) is 13.1 Å². The molecule has 0 unspecified atom stereocenters. The van der Waals surface area contributed by atoms with Crippen LogP contribution in [-0.4, -0.2) is 51.7 Å². The Morgan fingerprint density at radius 1 is 1.08 bits per heavy atom. The van der Waals surface area contributed by atoms with E-state index in [9.17, 15) is 14.7 Å². The van der Waals surface area contributed by atoms with Gasteiger partial charge in [0.25, 0.3) is 0 Å². The molecule has 1 N–H and O–H groups in total. The van der Waals surface area contributed by atoms with Gasteiger partial charge in [-0.2, -0.15) is 0 Å². The van der Waals surface area contributed by atoms with Crippen LogP contribution >= 0.6 is 0 Å². The number of guanidine groups is 1. The zero-order valence-electron chi connectivity index (χ0n) is 15.5. The van der Waals surface area contributed by atoms with Crippen LogP contribution in [0.1, 0.15) is 44.7 Å². The van der Waals surface area contributed by atoms with Crippen molar-refractivity contribution in [2.45, 2.75) is 52.1 Å². The molecular weight excluding hydrogens is 334 g/mol. The van der Waals surface area contributed by atoms with Crippen molar-refractivity contribution in [1.82, 2.24) is 9.80 Å². The number of aliphatic imine (C=N–C) groups is 1. The van der Waals surface area contributed by atoms with Crippen molar-refractivity contribution < 1.29 is 19.4 Å². The monoisotopic (exact) mass is 359 g/mol. The Labute approximate surface area is 153 Å². The molecule has 1 fully saturated rings. The molecule has 7 nitrogen and oxygen atoms in total. The molecule has 0 saturated carbocycles. The molecule has 0 bridgehead atoms. The molecule has 2 amide bonds. The lowest BCUT2D eigenvalue weighted by atomic mass is 9.91. The zero-order valence-corrected chi connectivity index (χ0v) is 15.5. The Morgan fingerprint density at radius 3 is 2.38 bits per heavy atom. The SMILES string of the molecule is CC(C)(C)OC(=O)N1CCN(C(=O)O)C1=Nc1ccc2c(c1)CCCC2. The zero-order chi connectivity index (χ0) is 18.9. The number of amides is 2. The minimum absolute atomic E-state index is 0.0995. The lowest BCUT2D eigenvalue weighted by Crippen LogP contribution is -2.42. The Morgan fingerprint density at radius 2 is 1.73 bits per heavy atom. The van der Waals surface area contributed by atoms with Crippen LogP contribution in [0.5, 0.6) is 0 Å². The van der Waals surface area contributed by atoms with Gasteiger partial charge in [-0.15, -0.1) is 0 Å². The second kappa shape index (κ2) is 6.97. The van der Waals surface area contributed by atoms with Crippen molar-refractivity contribution in [1.29, 1.82) is 0 Å². The highest BCUT2D eigenvalue weighted by atomic mass is 16.6. The van der Waals surface area contributed by atoms with Crippen LogP contribution in [0.3, 0.4) is 0 Å². The van der Waals surface area contributed by atoms with E-state index in [1.807, 2.05) is 18.2 Å². The Hall–Kier alpha value is -2.57. The lowest BCUT2D eigenvalue weighted by molar-refractivity contribution is 0.0385. The third-order valence-electron chi connectivity index (χ3n) is 4.44. The standard InChI is InChI=1S/C19H25N3O4/c1-19(2,3)26-18(25)22-11-10-21(17(23)24)16(22)20-15-9-8-13-6-4-5-7-14(13)12-15/h8-9,12H,4-7,10-11H2,1-3H3,(H,23,24). The maximum absolute atomic E-state index is 12.5. The van der Waals surface area contributed by atoms with Crippen LogP contribution in [0.25, 0.3) is 0 Å². The highest BCUT2D eigenvalue weighted by molar-refractivity contribution is 6.03. The molecule has 3 rings (SSSR count). The number of benzene rings is 1. The molecule has 0 radical (unpaired) electrons. The van der Waals surface area contributed by atoms with E-state index in [0.29, 0.717) is 5.69 Å². The average molecular weight is 359 g/mol. The molecule has 1 saturated heterocycles. The van der Waals surface area contributed by atoms with Crippen LogP contribution in [0.2, 0.25) is 0 Å². The Balaban J connectivity index is 1.92. The minimum atomic E-state index is -1.13. The number of carbonyl (C=O) groups is 2. The molecule has 0 spiro atoms. The first-order chi connectivity index (χ1) is 12.2. The number of fused-ring (bicyclic) bond motifs is 1. The molecule has 1 aliphatic heterocycles. The number of rotatable bonds is 1. The molecule has 7 heteroatoms. The van der Waals surface area contributed by atoms with E-state index in [4.69, 9.17) is 4.74 Å². The van der Waals surface area contributed by atoms with E-state index in [-0.39, 0.29) is 19.0 Å². The summed E-state index contributed by atoms with van der Waals surface area (Å²) in [5.41, 5.74) is 2.57. The summed E-state index contributed by atoms with van der Waals surface area (Å²) in [6.07, 6.45) is 2.70.